The van der Waals surface area contributed by atoms with Gasteiger partial charge in [0.1, 0.15) is 5.82 Å². The topological polar surface area (TPSA) is 91.6 Å². The quantitative estimate of drug-likeness (QED) is 0.897. The second-order valence-corrected chi connectivity index (χ2v) is 6.72. The van der Waals surface area contributed by atoms with Gasteiger partial charge >= 0.3 is 5.97 Å². The van der Waals surface area contributed by atoms with Crippen molar-refractivity contribution in [3.63, 3.8) is 0 Å². The fourth-order valence-corrected chi connectivity index (χ4v) is 3.44. The van der Waals surface area contributed by atoms with Gasteiger partial charge in [0.2, 0.25) is 0 Å². The summed E-state index contributed by atoms with van der Waals surface area (Å²) in [6, 6.07) is 3.55. The summed E-state index contributed by atoms with van der Waals surface area (Å²) >= 11 is 0. The molecule has 138 valence electrons. The van der Waals surface area contributed by atoms with Crippen molar-refractivity contribution in [3.8, 4) is 0 Å². The molecule has 1 aliphatic heterocycles. The van der Waals surface area contributed by atoms with Gasteiger partial charge < -0.3 is 14.9 Å². The molecule has 0 saturated heterocycles. The number of carbonyl (C=O) groups excluding carboxylic acids is 1. The fraction of sp³-hybridized carbons (Fsp3) is 0.444. The number of carboxylic acids is 1. The summed E-state index contributed by atoms with van der Waals surface area (Å²) in [6.07, 6.45) is 1.56. The molecule has 1 atom stereocenters. The maximum absolute atomic E-state index is 12.0. The average Bonchev–Trinajstić information content (AvgIpc) is 3.00. The Bertz CT molecular complexity index is 841. The van der Waals surface area contributed by atoms with Crippen LogP contribution in [0.3, 0.4) is 0 Å². The number of nitrogens with zero attached hydrogens (tertiary/aromatic N) is 5. The van der Waals surface area contributed by atoms with Crippen LogP contribution in [0.15, 0.2) is 18.3 Å². The summed E-state index contributed by atoms with van der Waals surface area (Å²) in [5, 5.41) is 13.8. The van der Waals surface area contributed by atoms with Gasteiger partial charge in [0.05, 0.1) is 5.56 Å². The lowest BCUT2D eigenvalue weighted by Gasteiger charge is -2.32. The number of carboxylic acid groups (broad SMARTS) is 1. The molecule has 3 rings (SSSR count). The maximum atomic E-state index is 12.0. The predicted molar refractivity (Wildman–Crippen MR) is 96.6 cm³/mol. The van der Waals surface area contributed by atoms with Crippen molar-refractivity contribution in [2.45, 2.75) is 32.9 Å². The molecular weight excluding hydrogens is 334 g/mol. The lowest BCUT2D eigenvalue weighted by Crippen LogP contribution is -2.34. The van der Waals surface area contributed by atoms with Gasteiger partial charge in [-0.1, -0.05) is 6.92 Å². The highest BCUT2D eigenvalue weighted by molar-refractivity contribution is 5.93. The Balaban J connectivity index is 1.92. The molecule has 0 spiro atoms. The number of rotatable bonds is 4. The van der Waals surface area contributed by atoms with E-state index >= 15 is 0 Å². The van der Waals surface area contributed by atoms with Gasteiger partial charge in [0.25, 0.3) is 5.91 Å². The van der Waals surface area contributed by atoms with Crippen LogP contribution in [0.5, 0.6) is 0 Å². The molecule has 8 nitrogen and oxygen atoms in total. The van der Waals surface area contributed by atoms with Crippen molar-refractivity contribution < 1.29 is 14.7 Å². The van der Waals surface area contributed by atoms with E-state index in [0.29, 0.717) is 25.2 Å². The molecule has 0 unspecified atom stereocenters. The van der Waals surface area contributed by atoms with E-state index in [0.717, 1.165) is 17.1 Å². The van der Waals surface area contributed by atoms with Crippen molar-refractivity contribution in [3.05, 3.63) is 40.8 Å². The molecule has 3 heterocycles. The number of fused-ring (bicyclic) bond motifs is 1. The highest BCUT2D eigenvalue weighted by Gasteiger charge is 2.32. The minimum Gasteiger partial charge on any atom is -0.476 e. The molecule has 0 fully saturated rings. The molecule has 1 N–H and O–H groups in total. The summed E-state index contributed by atoms with van der Waals surface area (Å²) in [5.74, 6) is -0.263. The van der Waals surface area contributed by atoms with Crippen molar-refractivity contribution in [2.24, 2.45) is 0 Å². The molecule has 0 aromatic carbocycles. The van der Waals surface area contributed by atoms with E-state index < -0.39 is 5.97 Å². The number of amides is 1. The summed E-state index contributed by atoms with van der Waals surface area (Å²) < 4.78 is 1.78. The van der Waals surface area contributed by atoms with Gasteiger partial charge in [-0.2, -0.15) is 5.10 Å². The molecule has 0 bridgehead atoms. The first-order chi connectivity index (χ1) is 12.3. The number of hydrogen-bond donors (Lipinski definition) is 1. The van der Waals surface area contributed by atoms with E-state index in [1.54, 1.807) is 37.1 Å². The van der Waals surface area contributed by atoms with Crippen LogP contribution in [-0.4, -0.2) is 57.3 Å². The normalized spacial score (nSPS) is 16.3. The van der Waals surface area contributed by atoms with Crippen molar-refractivity contribution in [1.82, 2.24) is 19.7 Å². The van der Waals surface area contributed by atoms with Gasteiger partial charge in [0.15, 0.2) is 5.69 Å². The number of aryl methyl sites for hydroxylation is 1. The zero-order valence-corrected chi connectivity index (χ0v) is 15.4. The third-order valence-electron chi connectivity index (χ3n) is 4.63. The largest absolute Gasteiger partial charge is 0.476 e. The third-order valence-corrected chi connectivity index (χ3v) is 4.63. The van der Waals surface area contributed by atoms with E-state index in [2.05, 4.69) is 17.0 Å². The molecule has 1 amide bonds. The zero-order valence-electron chi connectivity index (χ0n) is 15.4. The van der Waals surface area contributed by atoms with Gasteiger partial charge in [0, 0.05) is 57.1 Å². The maximum Gasteiger partial charge on any atom is 0.356 e. The third kappa shape index (κ3) is 3.02. The summed E-state index contributed by atoms with van der Waals surface area (Å²) in [5.41, 5.74) is 2.36. The van der Waals surface area contributed by atoms with E-state index in [1.807, 2.05) is 11.8 Å². The number of carbonyl (C=O) groups is 2. The Kier molecular flexibility index (Phi) is 4.67. The highest BCUT2D eigenvalue weighted by atomic mass is 16.4. The van der Waals surface area contributed by atoms with Gasteiger partial charge in [-0.3, -0.25) is 9.48 Å². The molecule has 0 radical (unpaired) electrons. The van der Waals surface area contributed by atoms with Crippen LogP contribution >= 0.6 is 0 Å². The molecule has 2 aromatic rings. The van der Waals surface area contributed by atoms with Crippen molar-refractivity contribution in [1.29, 1.82) is 0 Å². The number of aromatic carboxylic acids is 1. The van der Waals surface area contributed by atoms with Crippen LogP contribution in [0.4, 0.5) is 5.82 Å². The van der Waals surface area contributed by atoms with Gasteiger partial charge in [-0.05, 0) is 19.1 Å². The molecule has 8 heteroatoms. The minimum absolute atomic E-state index is 0.101. The lowest BCUT2D eigenvalue weighted by molar-refractivity contribution is 0.0687. The first kappa shape index (κ1) is 17.9. The zero-order chi connectivity index (χ0) is 19.0. The first-order valence-corrected chi connectivity index (χ1v) is 8.59. The fourth-order valence-electron chi connectivity index (χ4n) is 3.44. The second kappa shape index (κ2) is 6.78. The SMILES string of the molecule is CCn1nc(C(=O)O)c2c1[C@@H](C)CN(c1ccc(C(=O)N(C)C)cn1)C2. The Labute approximate surface area is 152 Å². The Morgan fingerprint density at radius 2 is 2.08 bits per heavy atom. The first-order valence-electron chi connectivity index (χ1n) is 8.59. The molecule has 0 aliphatic carbocycles. The molecule has 2 aromatic heterocycles. The average molecular weight is 357 g/mol. The van der Waals surface area contributed by atoms with Crippen molar-refractivity contribution >= 4 is 17.7 Å². The van der Waals surface area contributed by atoms with Crippen LogP contribution in [0.2, 0.25) is 0 Å². The standard InChI is InChI=1S/C18H23N5O3/c1-5-23-16-11(2)9-22(10-13(16)15(20-23)18(25)26)14-7-6-12(8-19-14)17(24)21(3)4/h6-8,11H,5,9-10H2,1-4H3,(H,25,26)/t11-/m0/s1. The van der Waals surface area contributed by atoms with Crippen LogP contribution < -0.4 is 4.90 Å². The molecular formula is C18H23N5O3. The summed E-state index contributed by atoms with van der Waals surface area (Å²) in [4.78, 5) is 31.5. The van der Waals surface area contributed by atoms with E-state index in [1.165, 1.54) is 4.90 Å². The Morgan fingerprint density at radius 3 is 2.62 bits per heavy atom. The number of hydrogen-bond acceptors (Lipinski definition) is 5. The minimum atomic E-state index is -1.01. The van der Waals surface area contributed by atoms with Crippen LogP contribution in [0, 0.1) is 0 Å². The second-order valence-electron chi connectivity index (χ2n) is 6.72. The van der Waals surface area contributed by atoms with E-state index in [4.69, 9.17) is 0 Å². The van der Waals surface area contributed by atoms with E-state index in [-0.39, 0.29) is 17.5 Å². The molecule has 26 heavy (non-hydrogen) atoms. The monoisotopic (exact) mass is 357 g/mol. The summed E-state index contributed by atoms with van der Waals surface area (Å²) in [6.45, 7) is 5.81. The predicted octanol–water partition coefficient (Wildman–Crippen LogP) is 1.82. The van der Waals surface area contributed by atoms with Crippen LogP contribution in [-0.2, 0) is 13.1 Å². The Hall–Kier alpha value is -2.90. The smallest absolute Gasteiger partial charge is 0.356 e. The Morgan fingerprint density at radius 1 is 1.35 bits per heavy atom. The van der Waals surface area contributed by atoms with Crippen LogP contribution in [0.25, 0.3) is 0 Å². The van der Waals surface area contributed by atoms with Crippen LogP contribution in [0.1, 0.15) is 51.9 Å². The number of anilines is 1. The highest BCUT2D eigenvalue weighted by Crippen LogP contribution is 2.32. The number of pyridine rings is 1. The summed E-state index contributed by atoms with van der Waals surface area (Å²) in [7, 11) is 3.39. The van der Waals surface area contributed by atoms with E-state index in [9.17, 15) is 14.7 Å². The lowest BCUT2D eigenvalue weighted by atomic mass is 9.96. The van der Waals surface area contributed by atoms with Gasteiger partial charge in [-0.15, -0.1) is 0 Å². The molecule has 0 saturated carbocycles. The van der Waals surface area contributed by atoms with Crippen molar-refractivity contribution in [2.75, 3.05) is 25.5 Å². The van der Waals surface area contributed by atoms with Gasteiger partial charge in [-0.25, -0.2) is 9.78 Å². The molecule has 1 aliphatic rings. The number of aromatic nitrogens is 3.